The summed E-state index contributed by atoms with van der Waals surface area (Å²) >= 11 is 5.39. The minimum absolute atomic E-state index is 0.745. The number of anilines is 2. The molecule has 1 unspecified atom stereocenters. The van der Waals surface area contributed by atoms with Gasteiger partial charge in [0.25, 0.3) is 0 Å². The first kappa shape index (κ1) is 20.7. The number of hydrogen-bond donors (Lipinski definition) is 1. The molecule has 29 heavy (non-hydrogen) atoms. The molecule has 3 aromatic rings. The fraction of sp³-hybridized carbons (Fsp3) is 0.455. The van der Waals surface area contributed by atoms with Crippen molar-refractivity contribution in [2.75, 3.05) is 39.2 Å². The molecule has 0 radical (unpaired) electrons. The van der Waals surface area contributed by atoms with Crippen LogP contribution in [0.4, 0.5) is 11.5 Å². The zero-order valence-corrected chi connectivity index (χ0v) is 19.4. The molecule has 0 bridgehead atoms. The predicted molar refractivity (Wildman–Crippen MR) is 124 cm³/mol. The molecule has 1 aliphatic carbocycles. The number of ether oxygens (including phenoxy) is 1. The summed E-state index contributed by atoms with van der Waals surface area (Å²) < 4.78 is 6.24. The van der Waals surface area contributed by atoms with Crippen LogP contribution in [-0.4, -0.2) is 48.7 Å². The van der Waals surface area contributed by atoms with Crippen LogP contribution in [0.3, 0.4) is 0 Å². The fourth-order valence-corrected chi connectivity index (χ4v) is 5.69. The maximum atomic E-state index is 5.18. The zero-order chi connectivity index (χ0) is 20.2. The Balaban J connectivity index is 1.50. The van der Waals surface area contributed by atoms with Crippen LogP contribution in [-0.2, 0) is 17.6 Å². The number of nitrogens with zero attached hydrogens (tertiary/aromatic N) is 3. The lowest BCUT2D eigenvalue weighted by molar-refractivity contribution is 0.157. The first-order chi connectivity index (χ1) is 14.1. The number of likely N-dealkylation sites (N-methyl/N-ethyl adjacent to an activating group) is 1. The van der Waals surface area contributed by atoms with Crippen molar-refractivity contribution in [1.82, 2.24) is 14.9 Å². The lowest BCUT2D eigenvalue weighted by Crippen LogP contribution is -2.26. The molecule has 0 saturated heterocycles. The van der Waals surface area contributed by atoms with Gasteiger partial charge in [0.15, 0.2) is 0 Å². The van der Waals surface area contributed by atoms with Crippen molar-refractivity contribution in [3.63, 3.8) is 0 Å². The number of nitrogens with one attached hydrogen (secondary N) is 1. The number of thiophene rings is 1. The first-order valence-corrected chi connectivity index (χ1v) is 11.7. The smallest absolute Gasteiger partial charge is 0.142 e. The number of aromatic nitrogens is 2. The summed E-state index contributed by atoms with van der Waals surface area (Å²) in [4.78, 5) is 14.1. The van der Waals surface area contributed by atoms with Gasteiger partial charge in [0.1, 0.15) is 17.0 Å². The van der Waals surface area contributed by atoms with E-state index in [1.54, 1.807) is 13.4 Å². The third-order valence-electron chi connectivity index (χ3n) is 5.63. The van der Waals surface area contributed by atoms with E-state index in [2.05, 4.69) is 55.3 Å². The molecular weight excluding hydrogens is 448 g/mol. The van der Waals surface area contributed by atoms with Crippen LogP contribution in [0.1, 0.15) is 23.3 Å². The summed E-state index contributed by atoms with van der Waals surface area (Å²) in [5, 5.41) is 4.71. The molecule has 7 heteroatoms. The highest BCUT2D eigenvalue weighted by Crippen LogP contribution is 2.41. The summed E-state index contributed by atoms with van der Waals surface area (Å²) in [6.07, 6.45) is 6.42. The van der Waals surface area contributed by atoms with E-state index in [0.717, 1.165) is 59.3 Å². The molecule has 1 aromatic carbocycles. The highest BCUT2D eigenvalue weighted by Gasteiger charge is 2.25. The number of aryl methyl sites for hydroxylation is 1. The van der Waals surface area contributed by atoms with Gasteiger partial charge >= 0.3 is 0 Å². The van der Waals surface area contributed by atoms with Crippen molar-refractivity contribution in [1.29, 1.82) is 0 Å². The van der Waals surface area contributed by atoms with E-state index in [9.17, 15) is 0 Å². The Kier molecular flexibility index (Phi) is 6.80. The van der Waals surface area contributed by atoms with Gasteiger partial charge in [0.2, 0.25) is 0 Å². The molecule has 4 rings (SSSR count). The summed E-state index contributed by atoms with van der Waals surface area (Å²) in [6.45, 7) is 2.93. The van der Waals surface area contributed by atoms with Gasteiger partial charge in [-0.05, 0) is 69.0 Å². The van der Waals surface area contributed by atoms with Crippen molar-refractivity contribution in [2.45, 2.75) is 25.7 Å². The Bertz CT molecular complexity index is 977. The lowest BCUT2D eigenvalue weighted by atomic mass is 9.85. The summed E-state index contributed by atoms with van der Waals surface area (Å²) in [7, 11) is 3.95. The third-order valence-corrected chi connectivity index (χ3v) is 7.29. The van der Waals surface area contributed by atoms with Crippen LogP contribution in [0.15, 0.2) is 35.1 Å². The van der Waals surface area contributed by atoms with Gasteiger partial charge < -0.3 is 15.0 Å². The van der Waals surface area contributed by atoms with Crippen LogP contribution in [0.5, 0.6) is 0 Å². The lowest BCUT2D eigenvalue weighted by Gasteiger charge is -2.25. The van der Waals surface area contributed by atoms with Gasteiger partial charge in [0.05, 0.1) is 12.0 Å². The maximum Gasteiger partial charge on any atom is 0.142 e. The first-order valence-electron chi connectivity index (χ1n) is 10.1. The molecule has 0 amide bonds. The molecule has 1 atom stereocenters. The number of fused-ring (bicyclic) bond motifs is 3. The molecule has 154 valence electrons. The monoisotopic (exact) mass is 474 g/mol. The van der Waals surface area contributed by atoms with E-state index in [1.807, 2.05) is 23.5 Å². The average molecular weight is 475 g/mol. The van der Waals surface area contributed by atoms with Crippen molar-refractivity contribution in [3.8, 4) is 0 Å². The second-order valence-electron chi connectivity index (χ2n) is 7.74. The number of methoxy groups -OCH3 is 1. The van der Waals surface area contributed by atoms with Gasteiger partial charge in [-0.25, -0.2) is 9.97 Å². The van der Waals surface area contributed by atoms with E-state index >= 15 is 0 Å². The van der Waals surface area contributed by atoms with Crippen LogP contribution >= 0.6 is 27.3 Å². The van der Waals surface area contributed by atoms with Gasteiger partial charge in [0, 0.05) is 28.7 Å². The van der Waals surface area contributed by atoms with Crippen molar-refractivity contribution >= 4 is 49.0 Å². The number of benzene rings is 1. The topological polar surface area (TPSA) is 50.3 Å². The molecule has 2 aromatic heterocycles. The fourth-order valence-electron chi connectivity index (χ4n) is 3.98. The van der Waals surface area contributed by atoms with Crippen molar-refractivity contribution < 1.29 is 4.74 Å². The molecule has 0 saturated carbocycles. The summed E-state index contributed by atoms with van der Waals surface area (Å²) in [6, 6.07) is 8.19. The number of halogens is 1. The van der Waals surface area contributed by atoms with Crippen molar-refractivity contribution in [3.05, 3.63) is 45.5 Å². The van der Waals surface area contributed by atoms with Crippen molar-refractivity contribution in [2.24, 2.45) is 5.92 Å². The van der Waals surface area contributed by atoms with Gasteiger partial charge in [-0.3, -0.25) is 0 Å². The number of rotatable bonds is 8. The van der Waals surface area contributed by atoms with E-state index in [0.29, 0.717) is 0 Å². The predicted octanol–water partition coefficient (Wildman–Crippen LogP) is 5.27. The second kappa shape index (κ2) is 9.51. The third kappa shape index (κ3) is 4.97. The van der Waals surface area contributed by atoms with Crippen LogP contribution in [0.2, 0.25) is 0 Å². The Morgan fingerprint density at radius 1 is 1.31 bits per heavy atom. The number of hydrogen-bond acceptors (Lipinski definition) is 6. The summed E-state index contributed by atoms with van der Waals surface area (Å²) in [5.41, 5.74) is 2.49. The highest BCUT2D eigenvalue weighted by atomic mass is 79.9. The van der Waals surface area contributed by atoms with Crippen LogP contribution in [0, 0.1) is 5.92 Å². The molecule has 5 nitrogen and oxygen atoms in total. The quantitative estimate of drug-likeness (QED) is 0.481. The Hall–Kier alpha value is -1.54. The van der Waals surface area contributed by atoms with E-state index in [-0.39, 0.29) is 0 Å². The van der Waals surface area contributed by atoms with Gasteiger partial charge in [-0.15, -0.1) is 11.3 Å². The molecular formula is C22H27BrN4OS. The minimum atomic E-state index is 0.745. The zero-order valence-electron chi connectivity index (χ0n) is 16.9. The SMILES string of the molecule is COCCN(C)CCC1CCc2c(sc3ncnc(Nc4cccc(Br)c4)c23)C1. The normalized spacial score (nSPS) is 16.3. The minimum Gasteiger partial charge on any atom is -0.383 e. The Labute approximate surface area is 184 Å². The molecule has 0 spiro atoms. The van der Waals surface area contributed by atoms with Crippen LogP contribution in [0.25, 0.3) is 10.2 Å². The standard InChI is InChI=1S/C22H27BrN4OS/c1-27(10-11-28-2)9-8-15-6-7-18-19(12-15)29-22-20(18)21(24-14-25-22)26-17-5-3-4-16(23)13-17/h3-5,13-15H,6-12H2,1-2H3,(H,24,25,26). The molecule has 1 aliphatic rings. The van der Waals surface area contributed by atoms with E-state index in [1.165, 1.54) is 28.7 Å². The van der Waals surface area contributed by atoms with E-state index < -0.39 is 0 Å². The molecule has 0 fully saturated rings. The average Bonchev–Trinajstić information content (AvgIpc) is 3.09. The Morgan fingerprint density at radius 3 is 3.03 bits per heavy atom. The van der Waals surface area contributed by atoms with Gasteiger partial charge in [-0.2, -0.15) is 0 Å². The highest BCUT2D eigenvalue weighted by molar-refractivity contribution is 9.10. The van der Waals surface area contributed by atoms with E-state index in [4.69, 9.17) is 4.74 Å². The molecule has 1 N–H and O–H groups in total. The van der Waals surface area contributed by atoms with Crippen LogP contribution < -0.4 is 5.32 Å². The summed E-state index contributed by atoms with van der Waals surface area (Å²) in [5.74, 6) is 1.67. The maximum absolute atomic E-state index is 5.18. The molecule has 2 heterocycles. The largest absolute Gasteiger partial charge is 0.383 e. The molecule has 0 aliphatic heterocycles. The Morgan fingerprint density at radius 2 is 2.21 bits per heavy atom. The second-order valence-corrected chi connectivity index (χ2v) is 9.73. The van der Waals surface area contributed by atoms with Gasteiger partial charge in [-0.1, -0.05) is 22.0 Å².